The Kier molecular flexibility index (Phi) is 3.47. The molecule has 0 aliphatic heterocycles. The van der Waals surface area contributed by atoms with E-state index in [-0.39, 0.29) is 6.61 Å². The first-order valence-corrected chi connectivity index (χ1v) is 2.50. The minimum absolute atomic E-state index is 0.122. The van der Waals surface area contributed by atoms with Crippen molar-refractivity contribution in [3.05, 3.63) is 10.6 Å². The summed E-state index contributed by atoms with van der Waals surface area (Å²) in [5.74, 6) is 0. The number of hydrogen-bond donors (Lipinski definition) is 1. The molecular formula is C4H7BrO. The molecule has 0 saturated heterocycles. The van der Waals surface area contributed by atoms with E-state index in [0.717, 1.165) is 4.48 Å². The van der Waals surface area contributed by atoms with Gasteiger partial charge in [0.25, 0.3) is 0 Å². The van der Waals surface area contributed by atoms with E-state index >= 15 is 0 Å². The van der Waals surface area contributed by atoms with Crippen LogP contribution in [0.3, 0.4) is 0 Å². The summed E-state index contributed by atoms with van der Waals surface area (Å²) in [6, 6.07) is 0. The van der Waals surface area contributed by atoms with Gasteiger partial charge in [-0.15, -0.1) is 0 Å². The van der Waals surface area contributed by atoms with Crippen LogP contribution in [0, 0.1) is 0 Å². The summed E-state index contributed by atoms with van der Waals surface area (Å²) >= 11 is 3.14. The maximum Gasteiger partial charge on any atom is 0.0623 e. The van der Waals surface area contributed by atoms with Gasteiger partial charge in [0.1, 0.15) is 0 Å². The number of allylic oxidation sites excluding steroid dienone is 1. The van der Waals surface area contributed by atoms with Crippen LogP contribution in [0.4, 0.5) is 0 Å². The van der Waals surface area contributed by atoms with Gasteiger partial charge in [0, 0.05) is 0 Å². The highest BCUT2D eigenvalue weighted by atomic mass is 79.9. The van der Waals surface area contributed by atoms with Crippen LogP contribution in [0.5, 0.6) is 0 Å². The third-order valence-corrected chi connectivity index (χ3v) is 0.696. The lowest BCUT2D eigenvalue weighted by Gasteiger charge is -1.77. The molecule has 0 aromatic carbocycles. The van der Waals surface area contributed by atoms with Crippen LogP contribution in [-0.4, -0.2) is 11.7 Å². The van der Waals surface area contributed by atoms with E-state index in [9.17, 15) is 0 Å². The Morgan fingerprint density at radius 3 is 2.50 bits per heavy atom. The predicted octanol–water partition coefficient (Wildman–Crippen LogP) is 1.28. The van der Waals surface area contributed by atoms with E-state index in [2.05, 4.69) is 15.9 Å². The molecule has 0 fully saturated rings. The summed E-state index contributed by atoms with van der Waals surface area (Å²) in [5.41, 5.74) is 0. The molecule has 0 saturated carbocycles. The second-order valence-corrected chi connectivity index (χ2v) is 2.22. The normalized spacial score (nSPS) is 12.2. The fraction of sp³-hybridized carbons (Fsp3) is 0.500. The zero-order valence-electron chi connectivity index (χ0n) is 3.61. The lowest BCUT2D eigenvalue weighted by Crippen LogP contribution is -1.69. The molecule has 0 aromatic heterocycles. The van der Waals surface area contributed by atoms with Crippen molar-refractivity contribution in [2.45, 2.75) is 6.92 Å². The van der Waals surface area contributed by atoms with Crippen LogP contribution >= 0.6 is 15.9 Å². The first-order chi connectivity index (χ1) is 2.77. The Labute approximate surface area is 45.8 Å². The standard InChI is InChI=1S/C4H7BrO/c1-4(5)2-3-6/h2,6H,3H2,1H3. The molecule has 6 heavy (non-hydrogen) atoms. The van der Waals surface area contributed by atoms with E-state index in [1.165, 1.54) is 0 Å². The van der Waals surface area contributed by atoms with Crippen molar-refractivity contribution in [2.24, 2.45) is 0 Å². The van der Waals surface area contributed by atoms with Gasteiger partial charge >= 0.3 is 0 Å². The van der Waals surface area contributed by atoms with Crippen LogP contribution in [0.25, 0.3) is 0 Å². The second-order valence-electron chi connectivity index (χ2n) is 0.973. The highest BCUT2D eigenvalue weighted by Gasteiger charge is 1.70. The van der Waals surface area contributed by atoms with Gasteiger partial charge in [-0.2, -0.15) is 0 Å². The molecule has 0 bridgehead atoms. The van der Waals surface area contributed by atoms with Crippen molar-refractivity contribution in [2.75, 3.05) is 6.61 Å². The highest BCUT2D eigenvalue weighted by molar-refractivity contribution is 9.11. The summed E-state index contributed by atoms with van der Waals surface area (Å²) in [6.07, 6.45) is 1.68. The number of aliphatic hydroxyl groups excluding tert-OH is 1. The SMILES string of the molecule is CC(Br)=CCO. The zero-order chi connectivity index (χ0) is 4.99. The Morgan fingerprint density at radius 1 is 2.00 bits per heavy atom. The Morgan fingerprint density at radius 2 is 2.50 bits per heavy atom. The zero-order valence-corrected chi connectivity index (χ0v) is 5.20. The molecule has 0 radical (unpaired) electrons. The molecule has 0 aliphatic rings. The van der Waals surface area contributed by atoms with Crippen molar-refractivity contribution in [3.8, 4) is 0 Å². The molecule has 0 spiro atoms. The Hall–Kier alpha value is 0.180. The molecule has 36 valence electrons. The summed E-state index contributed by atoms with van der Waals surface area (Å²) in [6.45, 7) is 1.99. The third kappa shape index (κ3) is 4.18. The maximum absolute atomic E-state index is 8.13. The first kappa shape index (κ1) is 6.18. The molecule has 0 aromatic rings. The molecule has 1 nitrogen and oxygen atoms in total. The minimum Gasteiger partial charge on any atom is -0.392 e. The summed E-state index contributed by atoms with van der Waals surface area (Å²) < 4.78 is 0.977. The topological polar surface area (TPSA) is 20.2 Å². The average molecular weight is 151 g/mol. The second kappa shape index (κ2) is 3.37. The van der Waals surface area contributed by atoms with Crippen LogP contribution in [0.1, 0.15) is 6.92 Å². The molecule has 0 atom stereocenters. The van der Waals surface area contributed by atoms with E-state index in [1.54, 1.807) is 6.08 Å². The summed E-state index contributed by atoms with van der Waals surface area (Å²) in [5, 5.41) is 8.13. The lowest BCUT2D eigenvalue weighted by molar-refractivity contribution is 0.342. The summed E-state index contributed by atoms with van der Waals surface area (Å²) in [7, 11) is 0. The Bertz CT molecular complexity index is 54.6. The van der Waals surface area contributed by atoms with Gasteiger partial charge in [-0.25, -0.2) is 0 Å². The van der Waals surface area contributed by atoms with Crippen molar-refractivity contribution in [1.82, 2.24) is 0 Å². The van der Waals surface area contributed by atoms with Crippen molar-refractivity contribution in [1.29, 1.82) is 0 Å². The van der Waals surface area contributed by atoms with Crippen LogP contribution in [0.2, 0.25) is 0 Å². The number of hydrogen-bond acceptors (Lipinski definition) is 1. The quantitative estimate of drug-likeness (QED) is 0.598. The van der Waals surface area contributed by atoms with Gasteiger partial charge in [-0.1, -0.05) is 15.9 Å². The molecule has 0 unspecified atom stereocenters. The van der Waals surface area contributed by atoms with E-state index in [4.69, 9.17) is 5.11 Å². The maximum atomic E-state index is 8.13. The number of halogens is 1. The highest BCUT2D eigenvalue weighted by Crippen LogP contribution is 1.98. The van der Waals surface area contributed by atoms with E-state index in [0.29, 0.717) is 0 Å². The molecular weight excluding hydrogens is 144 g/mol. The average Bonchev–Trinajstić information content (AvgIpc) is 1.35. The van der Waals surface area contributed by atoms with E-state index in [1.807, 2.05) is 6.92 Å². The Balaban J connectivity index is 3.14. The molecule has 0 amide bonds. The minimum atomic E-state index is 0.122. The molecule has 1 N–H and O–H groups in total. The van der Waals surface area contributed by atoms with Gasteiger partial charge in [-0.05, 0) is 17.5 Å². The van der Waals surface area contributed by atoms with Gasteiger partial charge < -0.3 is 5.11 Å². The third-order valence-electron chi connectivity index (χ3n) is 0.373. The predicted molar refractivity (Wildman–Crippen MR) is 29.8 cm³/mol. The molecule has 0 heterocycles. The van der Waals surface area contributed by atoms with Gasteiger partial charge in [0.05, 0.1) is 6.61 Å². The van der Waals surface area contributed by atoms with Crippen LogP contribution in [0.15, 0.2) is 10.6 Å². The van der Waals surface area contributed by atoms with Gasteiger partial charge in [-0.3, -0.25) is 0 Å². The van der Waals surface area contributed by atoms with Gasteiger partial charge in [0.2, 0.25) is 0 Å². The number of rotatable bonds is 1. The van der Waals surface area contributed by atoms with Crippen LogP contribution < -0.4 is 0 Å². The van der Waals surface area contributed by atoms with Crippen molar-refractivity contribution >= 4 is 15.9 Å². The molecule has 0 aliphatic carbocycles. The molecule has 2 heteroatoms. The van der Waals surface area contributed by atoms with E-state index < -0.39 is 0 Å². The smallest absolute Gasteiger partial charge is 0.0623 e. The molecule has 0 rings (SSSR count). The largest absolute Gasteiger partial charge is 0.392 e. The van der Waals surface area contributed by atoms with Crippen molar-refractivity contribution < 1.29 is 5.11 Å². The summed E-state index contributed by atoms with van der Waals surface area (Å²) in [4.78, 5) is 0. The van der Waals surface area contributed by atoms with Crippen molar-refractivity contribution in [3.63, 3.8) is 0 Å². The van der Waals surface area contributed by atoms with Crippen LogP contribution in [-0.2, 0) is 0 Å². The lowest BCUT2D eigenvalue weighted by atomic mass is 10.6. The monoisotopic (exact) mass is 150 g/mol. The van der Waals surface area contributed by atoms with Gasteiger partial charge in [0.15, 0.2) is 0 Å². The fourth-order valence-corrected chi connectivity index (χ4v) is 0.271. The fourth-order valence-electron chi connectivity index (χ4n) is 0.126. The number of aliphatic hydroxyl groups is 1. The first-order valence-electron chi connectivity index (χ1n) is 1.70.